The monoisotopic (exact) mass is 202 g/mol. The molecule has 0 aromatic heterocycles. The molecule has 1 atom stereocenters. The number of nitrogen functional groups attached to an aromatic ring is 1. The summed E-state index contributed by atoms with van der Waals surface area (Å²) >= 11 is 0. The second-order valence-electron chi connectivity index (χ2n) is 2.09. The third kappa shape index (κ3) is 3.35. The molecule has 0 aliphatic heterocycles. The average molecular weight is 202 g/mol. The van der Waals surface area contributed by atoms with E-state index in [0.717, 1.165) is 0 Å². The average Bonchev–Trinajstić information content (AvgIpc) is 2.09. The summed E-state index contributed by atoms with van der Waals surface area (Å²) in [4.78, 5) is 0. The maximum Gasteiger partial charge on any atom is 0.770 e. The Morgan fingerprint density at radius 2 is 1.92 bits per heavy atom. The predicted octanol–water partition coefficient (Wildman–Crippen LogP) is 0.700. The van der Waals surface area contributed by atoms with Crippen molar-refractivity contribution in [1.29, 1.82) is 0 Å². The fourth-order valence-corrected chi connectivity index (χ4v) is 1.09. The van der Waals surface area contributed by atoms with E-state index in [2.05, 4.69) is 4.62 Å². The highest BCUT2D eigenvalue weighted by molar-refractivity contribution is 7.33. The molecule has 0 aliphatic carbocycles. The largest absolute Gasteiger partial charge is 0.770 e. The first-order chi connectivity index (χ1) is 6.22. The predicted molar refractivity (Wildman–Crippen MR) is 47.5 cm³/mol. The van der Waals surface area contributed by atoms with Crippen LogP contribution in [-0.4, -0.2) is 0 Å². The first-order valence-corrected chi connectivity index (χ1v) is 4.45. The maximum absolute atomic E-state index is 10.8. The molecule has 0 fully saturated rings. The van der Waals surface area contributed by atoms with Crippen molar-refractivity contribution in [3.05, 3.63) is 24.3 Å². The van der Waals surface area contributed by atoms with Crippen LogP contribution >= 0.6 is 8.25 Å². The molecule has 7 heteroatoms. The Balaban J connectivity index is 2.54. The van der Waals surface area contributed by atoms with Gasteiger partial charge in [-0.25, -0.2) is 10.4 Å². The molecule has 0 aliphatic rings. The van der Waals surface area contributed by atoms with E-state index in [-0.39, 0.29) is 0 Å². The Kier molecular flexibility index (Phi) is 3.60. The summed E-state index contributed by atoms with van der Waals surface area (Å²) in [6.07, 6.45) is 0. The van der Waals surface area contributed by atoms with E-state index in [4.69, 9.17) is 16.1 Å². The highest BCUT2D eigenvalue weighted by Crippen LogP contribution is 2.26. The zero-order chi connectivity index (χ0) is 9.68. The van der Waals surface area contributed by atoms with E-state index in [1.165, 1.54) is 0 Å². The first-order valence-electron chi connectivity index (χ1n) is 3.35. The quantitative estimate of drug-likeness (QED) is 0.287. The summed E-state index contributed by atoms with van der Waals surface area (Å²) in [5.74, 6) is 5.15. The number of nitrogens with one attached hydrogen (secondary N) is 1. The van der Waals surface area contributed by atoms with Crippen molar-refractivity contribution >= 4 is 13.9 Å². The van der Waals surface area contributed by atoms with Crippen LogP contribution in [0.15, 0.2) is 24.3 Å². The molecule has 0 saturated carbocycles. The number of benzene rings is 1. The number of hydrogen-bond acceptors (Lipinski definition) is 6. The van der Waals surface area contributed by atoms with E-state index in [1.807, 2.05) is 0 Å². The molecular formula is C6H9N3O3P+. The van der Waals surface area contributed by atoms with Crippen LogP contribution in [0.1, 0.15) is 0 Å². The highest BCUT2D eigenvalue weighted by atomic mass is 31.1. The van der Waals surface area contributed by atoms with Crippen LogP contribution in [0.4, 0.5) is 5.69 Å². The van der Waals surface area contributed by atoms with Gasteiger partial charge in [-0.3, -0.25) is 0 Å². The van der Waals surface area contributed by atoms with Crippen molar-refractivity contribution in [3.63, 3.8) is 0 Å². The van der Waals surface area contributed by atoms with E-state index in [0.29, 0.717) is 11.4 Å². The molecule has 13 heavy (non-hydrogen) atoms. The zero-order valence-corrected chi connectivity index (χ0v) is 7.53. The van der Waals surface area contributed by atoms with Crippen LogP contribution in [0.25, 0.3) is 0 Å². The van der Waals surface area contributed by atoms with Gasteiger partial charge >= 0.3 is 8.25 Å². The van der Waals surface area contributed by atoms with Crippen LogP contribution in [0, 0.1) is 0 Å². The van der Waals surface area contributed by atoms with E-state index in [1.54, 1.807) is 29.9 Å². The van der Waals surface area contributed by atoms with Crippen LogP contribution in [0.5, 0.6) is 5.75 Å². The normalized spacial score (nSPS) is 11.0. The van der Waals surface area contributed by atoms with Crippen molar-refractivity contribution in [2.45, 2.75) is 0 Å². The van der Waals surface area contributed by atoms with Crippen LogP contribution < -0.4 is 21.7 Å². The summed E-state index contributed by atoms with van der Waals surface area (Å²) in [6.45, 7) is 0. The standard InChI is InChI=1S/C6H9N3O3P/c7-5-1-3-6(4-2-5)11-13(10)12-9-8/h1-4,9H,7-8H2/q+1. The van der Waals surface area contributed by atoms with E-state index in [9.17, 15) is 4.57 Å². The second kappa shape index (κ2) is 4.74. The van der Waals surface area contributed by atoms with Crippen LogP contribution in [0.3, 0.4) is 0 Å². The van der Waals surface area contributed by atoms with Crippen molar-refractivity contribution < 1.29 is 13.7 Å². The van der Waals surface area contributed by atoms with Gasteiger partial charge in [0, 0.05) is 14.9 Å². The molecule has 0 radical (unpaired) electrons. The van der Waals surface area contributed by atoms with Gasteiger partial charge in [0.1, 0.15) is 0 Å². The van der Waals surface area contributed by atoms with Gasteiger partial charge in [0.05, 0.1) is 0 Å². The van der Waals surface area contributed by atoms with Gasteiger partial charge < -0.3 is 5.73 Å². The fourth-order valence-electron chi connectivity index (χ4n) is 0.676. The number of rotatable bonds is 4. The number of anilines is 1. The smallest absolute Gasteiger partial charge is 0.399 e. The Hall–Kier alpha value is -1.20. The highest BCUT2D eigenvalue weighted by Gasteiger charge is 2.21. The molecule has 0 spiro atoms. The lowest BCUT2D eigenvalue weighted by Crippen LogP contribution is -2.18. The summed E-state index contributed by atoms with van der Waals surface area (Å²) in [7, 11) is -2.29. The molecule has 0 heterocycles. The van der Waals surface area contributed by atoms with Crippen molar-refractivity contribution in [2.24, 2.45) is 5.84 Å². The Morgan fingerprint density at radius 3 is 2.46 bits per heavy atom. The van der Waals surface area contributed by atoms with Gasteiger partial charge in [-0.2, -0.15) is 0 Å². The van der Waals surface area contributed by atoms with Crippen molar-refractivity contribution in [2.75, 3.05) is 5.73 Å². The molecule has 1 unspecified atom stereocenters. The van der Waals surface area contributed by atoms with Gasteiger partial charge in [0.15, 0.2) is 5.75 Å². The molecule has 1 aromatic rings. The zero-order valence-electron chi connectivity index (χ0n) is 6.64. The topological polar surface area (TPSA) is 99.6 Å². The Labute approximate surface area is 75.7 Å². The lowest BCUT2D eigenvalue weighted by atomic mass is 10.3. The minimum Gasteiger partial charge on any atom is -0.399 e. The van der Waals surface area contributed by atoms with Gasteiger partial charge in [-0.1, -0.05) is 5.59 Å². The summed E-state index contributed by atoms with van der Waals surface area (Å²) in [5.41, 5.74) is 7.79. The van der Waals surface area contributed by atoms with Gasteiger partial charge in [0.25, 0.3) is 0 Å². The van der Waals surface area contributed by atoms with Crippen LogP contribution in [-0.2, 0) is 9.19 Å². The molecule has 70 valence electrons. The number of nitrogens with two attached hydrogens (primary N) is 2. The minimum absolute atomic E-state index is 0.394. The molecule has 0 bridgehead atoms. The molecule has 5 N–H and O–H groups in total. The van der Waals surface area contributed by atoms with Crippen LogP contribution in [0.2, 0.25) is 0 Å². The third-order valence-corrected chi connectivity index (χ3v) is 1.80. The van der Waals surface area contributed by atoms with E-state index >= 15 is 0 Å². The molecule has 6 nitrogen and oxygen atoms in total. The number of hydrazine groups is 1. The first kappa shape index (κ1) is 9.88. The molecule has 1 rings (SSSR count). The lowest BCUT2D eigenvalue weighted by Gasteiger charge is -1.92. The summed E-state index contributed by atoms with van der Waals surface area (Å²) in [6, 6.07) is 6.38. The summed E-state index contributed by atoms with van der Waals surface area (Å²) in [5, 5.41) is 0. The minimum atomic E-state index is -2.29. The fraction of sp³-hybridized carbons (Fsp3) is 0. The molecular weight excluding hydrogens is 193 g/mol. The SMILES string of the molecule is NNO[P+](=O)Oc1ccc(N)cc1. The lowest BCUT2D eigenvalue weighted by molar-refractivity contribution is 0.187. The third-order valence-electron chi connectivity index (χ3n) is 1.19. The number of hydrogen-bond donors (Lipinski definition) is 3. The molecule has 0 amide bonds. The second-order valence-corrected chi connectivity index (χ2v) is 2.91. The van der Waals surface area contributed by atoms with Gasteiger partial charge in [-0.05, 0) is 24.3 Å². The molecule has 1 aromatic carbocycles. The van der Waals surface area contributed by atoms with Crippen molar-refractivity contribution in [1.82, 2.24) is 5.59 Å². The summed E-state index contributed by atoms with van der Waals surface area (Å²) < 4.78 is 19.9. The molecule has 0 saturated heterocycles. The van der Waals surface area contributed by atoms with E-state index < -0.39 is 8.25 Å². The Morgan fingerprint density at radius 1 is 1.31 bits per heavy atom. The Bertz CT molecular complexity index is 290. The maximum atomic E-state index is 10.8. The van der Waals surface area contributed by atoms with Gasteiger partial charge in [-0.15, -0.1) is 0 Å². The van der Waals surface area contributed by atoms with Gasteiger partial charge in [0.2, 0.25) is 0 Å². The van der Waals surface area contributed by atoms with Crippen molar-refractivity contribution in [3.8, 4) is 5.75 Å².